The van der Waals surface area contributed by atoms with Crippen LogP contribution in [0.3, 0.4) is 0 Å². The van der Waals surface area contributed by atoms with E-state index in [-0.39, 0.29) is 0 Å². The first-order valence-electron chi connectivity index (χ1n) is 2.85. The molecule has 0 aromatic carbocycles. The van der Waals surface area contributed by atoms with Gasteiger partial charge in [-0.2, -0.15) is 12.6 Å². The van der Waals surface area contributed by atoms with E-state index in [1.165, 1.54) is 9.88 Å². The van der Waals surface area contributed by atoms with E-state index in [1.807, 2.05) is 6.20 Å². The zero-order chi connectivity index (χ0) is 6.69. The van der Waals surface area contributed by atoms with Crippen molar-refractivity contribution in [3.05, 3.63) is 16.1 Å². The van der Waals surface area contributed by atoms with E-state index in [0.717, 1.165) is 12.2 Å². The molecule has 0 bridgehead atoms. The molecule has 0 radical (unpaired) electrons. The lowest BCUT2D eigenvalue weighted by molar-refractivity contribution is 1.11. The lowest BCUT2D eigenvalue weighted by atomic mass is 10.5. The summed E-state index contributed by atoms with van der Waals surface area (Å²) in [5.74, 6) is 0.896. The maximum Gasteiger partial charge on any atom is 0.0935 e. The molecule has 1 rings (SSSR count). The van der Waals surface area contributed by atoms with Gasteiger partial charge in [0.15, 0.2) is 0 Å². The van der Waals surface area contributed by atoms with Gasteiger partial charge in [0, 0.05) is 17.5 Å². The number of aromatic nitrogens is 1. The number of aryl methyl sites for hydroxylation is 2. The normalized spacial score (nSPS) is 10.0. The molecule has 0 atom stereocenters. The monoisotopic (exact) mass is 159 g/mol. The van der Waals surface area contributed by atoms with Crippen molar-refractivity contribution >= 4 is 24.0 Å². The molecule has 0 amide bonds. The number of thiazole rings is 1. The molecule has 0 saturated carbocycles. The van der Waals surface area contributed by atoms with Gasteiger partial charge in [-0.3, -0.25) is 0 Å². The molecule has 1 nitrogen and oxygen atoms in total. The number of thiol groups is 1. The van der Waals surface area contributed by atoms with Crippen molar-refractivity contribution in [1.82, 2.24) is 4.98 Å². The van der Waals surface area contributed by atoms with Crippen molar-refractivity contribution < 1.29 is 0 Å². The summed E-state index contributed by atoms with van der Waals surface area (Å²) in [5.41, 5.74) is 0. The maximum absolute atomic E-state index is 4.18. The molecule has 0 aliphatic rings. The first kappa shape index (κ1) is 7.09. The van der Waals surface area contributed by atoms with Crippen molar-refractivity contribution in [2.75, 3.05) is 5.75 Å². The molecule has 9 heavy (non-hydrogen) atoms. The summed E-state index contributed by atoms with van der Waals surface area (Å²) in [6, 6.07) is 0. The van der Waals surface area contributed by atoms with Gasteiger partial charge in [-0.05, 0) is 12.7 Å². The lowest BCUT2D eigenvalue weighted by Crippen LogP contribution is -1.81. The third-order valence-electron chi connectivity index (χ3n) is 0.995. The van der Waals surface area contributed by atoms with Crippen LogP contribution < -0.4 is 0 Å². The van der Waals surface area contributed by atoms with E-state index in [1.54, 1.807) is 11.3 Å². The molecule has 1 aromatic heterocycles. The summed E-state index contributed by atoms with van der Waals surface area (Å²) in [4.78, 5) is 5.46. The van der Waals surface area contributed by atoms with Crippen LogP contribution in [0.15, 0.2) is 6.20 Å². The Kier molecular flexibility index (Phi) is 2.54. The molecular weight excluding hydrogens is 150 g/mol. The minimum absolute atomic E-state index is 0.896. The largest absolute Gasteiger partial charge is 0.249 e. The van der Waals surface area contributed by atoms with Crippen LogP contribution in [0.5, 0.6) is 0 Å². The molecule has 0 fully saturated rings. The number of nitrogens with zero attached hydrogens (tertiary/aromatic N) is 1. The Morgan fingerprint density at radius 1 is 1.78 bits per heavy atom. The first-order valence-corrected chi connectivity index (χ1v) is 4.30. The summed E-state index contributed by atoms with van der Waals surface area (Å²) in [6.45, 7) is 2.07. The Morgan fingerprint density at radius 2 is 2.56 bits per heavy atom. The second-order valence-corrected chi connectivity index (χ2v) is 3.60. The molecule has 50 valence electrons. The molecule has 0 aliphatic heterocycles. The van der Waals surface area contributed by atoms with Crippen molar-refractivity contribution in [2.24, 2.45) is 0 Å². The fourth-order valence-electron chi connectivity index (χ4n) is 0.613. The van der Waals surface area contributed by atoms with Crippen LogP contribution >= 0.6 is 24.0 Å². The highest BCUT2D eigenvalue weighted by molar-refractivity contribution is 7.80. The Bertz CT molecular complexity index is 183. The van der Waals surface area contributed by atoms with Gasteiger partial charge in [0.05, 0.1) is 5.01 Å². The molecular formula is C6H9NS2. The Morgan fingerprint density at radius 3 is 3.00 bits per heavy atom. The molecule has 1 heterocycles. The van der Waals surface area contributed by atoms with E-state index < -0.39 is 0 Å². The third-order valence-corrected chi connectivity index (χ3v) is 2.19. The third kappa shape index (κ3) is 1.99. The topological polar surface area (TPSA) is 12.9 Å². The molecule has 1 aromatic rings. The van der Waals surface area contributed by atoms with Gasteiger partial charge < -0.3 is 0 Å². The van der Waals surface area contributed by atoms with Crippen molar-refractivity contribution in [3.63, 3.8) is 0 Å². The highest BCUT2D eigenvalue weighted by Crippen LogP contribution is 2.11. The molecule has 0 saturated heterocycles. The lowest BCUT2D eigenvalue weighted by Gasteiger charge is -1.84. The zero-order valence-corrected chi connectivity index (χ0v) is 7.01. The first-order chi connectivity index (χ1) is 4.33. The summed E-state index contributed by atoms with van der Waals surface area (Å²) in [5, 5.41) is 1.20. The molecule has 3 heteroatoms. The molecule has 0 unspecified atom stereocenters. The smallest absolute Gasteiger partial charge is 0.0935 e. The predicted octanol–water partition coefficient (Wildman–Crippen LogP) is 1.92. The second-order valence-electron chi connectivity index (χ2n) is 1.84. The van der Waals surface area contributed by atoms with Crippen molar-refractivity contribution in [2.45, 2.75) is 13.3 Å². The maximum atomic E-state index is 4.18. The van der Waals surface area contributed by atoms with Crippen LogP contribution in [0.2, 0.25) is 0 Å². The highest BCUT2D eigenvalue weighted by atomic mass is 32.1. The average Bonchev–Trinajstić information content (AvgIpc) is 2.17. The Balaban J connectivity index is 2.61. The summed E-state index contributed by atoms with van der Waals surface area (Å²) in [6.07, 6.45) is 2.91. The van der Waals surface area contributed by atoms with E-state index >= 15 is 0 Å². The minimum Gasteiger partial charge on any atom is -0.249 e. The quantitative estimate of drug-likeness (QED) is 0.651. The van der Waals surface area contributed by atoms with E-state index in [4.69, 9.17) is 0 Å². The van der Waals surface area contributed by atoms with Crippen LogP contribution in [0, 0.1) is 6.92 Å². The van der Waals surface area contributed by atoms with Gasteiger partial charge in [0.2, 0.25) is 0 Å². The highest BCUT2D eigenvalue weighted by Gasteiger charge is 1.94. The van der Waals surface area contributed by atoms with Crippen LogP contribution in [0.25, 0.3) is 0 Å². The van der Waals surface area contributed by atoms with Gasteiger partial charge in [-0.15, -0.1) is 11.3 Å². The van der Waals surface area contributed by atoms with Crippen molar-refractivity contribution in [1.29, 1.82) is 0 Å². The van der Waals surface area contributed by atoms with E-state index in [0.29, 0.717) is 0 Å². The van der Waals surface area contributed by atoms with Gasteiger partial charge in [0.25, 0.3) is 0 Å². The van der Waals surface area contributed by atoms with E-state index in [2.05, 4.69) is 24.5 Å². The van der Waals surface area contributed by atoms with Gasteiger partial charge >= 0.3 is 0 Å². The second kappa shape index (κ2) is 3.22. The fourth-order valence-corrected chi connectivity index (χ4v) is 1.76. The SMILES string of the molecule is Cc1cnc(CCS)s1. The van der Waals surface area contributed by atoms with Gasteiger partial charge in [-0.25, -0.2) is 4.98 Å². The number of hydrogen-bond acceptors (Lipinski definition) is 3. The standard InChI is InChI=1S/C6H9NS2/c1-5-4-7-6(9-5)2-3-8/h4,8H,2-3H2,1H3. The Labute approximate surface area is 64.5 Å². The molecule has 0 N–H and O–H groups in total. The average molecular weight is 159 g/mol. The number of hydrogen-bond donors (Lipinski definition) is 1. The van der Waals surface area contributed by atoms with Crippen LogP contribution in [-0.2, 0) is 6.42 Å². The number of rotatable bonds is 2. The van der Waals surface area contributed by atoms with Crippen LogP contribution in [-0.4, -0.2) is 10.7 Å². The van der Waals surface area contributed by atoms with Gasteiger partial charge in [-0.1, -0.05) is 0 Å². The van der Waals surface area contributed by atoms with Crippen LogP contribution in [0.1, 0.15) is 9.88 Å². The summed E-state index contributed by atoms with van der Waals surface area (Å²) >= 11 is 5.86. The predicted molar refractivity (Wildman–Crippen MR) is 44.4 cm³/mol. The van der Waals surface area contributed by atoms with E-state index in [9.17, 15) is 0 Å². The zero-order valence-electron chi connectivity index (χ0n) is 5.29. The Hall–Kier alpha value is -0.0200. The van der Waals surface area contributed by atoms with Crippen molar-refractivity contribution in [3.8, 4) is 0 Å². The fraction of sp³-hybridized carbons (Fsp3) is 0.500. The van der Waals surface area contributed by atoms with Gasteiger partial charge in [0.1, 0.15) is 0 Å². The summed E-state index contributed by atoms with van der Waals surface area (Å²) in [7, 11) is 0. The minimum atomic E-state index is 0.896. The summed E-state index contributed by atoms with van der Waals surface area (Å²) < 4.78 is 0. The molecule has 0 spiro atoms. The molecule has 0 aliphatic carbocycles. The van der Waals surface area contributed by atoms with Crippen LogP contribution in [0.4, 0.5) is 0 Å².